The molecule has 1 aliphatic rings. The van der Waals surface area contributed by atoms with Crippen LogP contribution in [0.1, 0.15) is 48.8 Å². The lowest BCUT2D eigenvalue weighted by Crippen LogP contribution is -2.37. The highest BCUT2D eigenvalue weighted by molar-refractivity contribution is 5.75. The predicted molar refractivity (Wildman–Crippen MR) is 131 cm³/mol. The normalized spacial score (nSPS) is 15.2. The number of benzene rings is 3. The van der Waals surface area contributed by atoms with E-state index in [0.29, 0.717) is 11.0 Å². The largest absolute Gasteiger partial charge is 0.326 e. The first-order chi connectivity index (χ1) is 17.4. The van der Waals surface area contributed by atoms with Crippen molar-refractivity contribution in [2.75, 3.05) is 19.6 Å². The average Bonchev–Trinajstić information content (AvgIpc) is 3.18. The smallest absolute Gasteiger partial charge is 0.305 e. The Kier molecular flexibility index (Phi) is 6.96. The molecule has 0 radical (unpaired) electrons. The summed E-state index contributed by atoms with van der Waals surface area (Å²) in [5.74, 6) is -2.50. The monoisotopic (exact) mass is 497 g/mol. The standard InChI is InChI=1S/C28H27F4N3O/c29-20-7-3-18(4-8-20)23(19-5-9-21(30)10-6-19)2-1-13-34-14-11-22(12-15-34)35-27-17-25(32)24(31)16-26(27)33-28(35)36/h3-10,16-17,22-23H,1-2,11-15H2,(H,33,36). The summed E-state index contributed by atoms with van der Waals surface area (Å²) in [4.78, 5) is 17.5. The van der Waals surface area contributed by atoms with E-state index in [1.54, 1.807) is 28.8 Å². The second-order valence-corrected chi connectivity index (χ2v) is 9.45. The highest BCUT2D eigenvalue weighted by Crippen LogP contribution is 2.31. The first-order valence-corrected chi connectivity index (χ1v) is 12.2. The van der Waals surface area contributed by atoms with Crippen LogP contribution in [-0.4, -0.2) is 34.1 Å². The van der Waals surface area contributed by atoms with E-state index in [-0.39, 0.29) is 29.3 Å². The van der Waals surface area contributed by atoms with Crippen molar-refractivity contribution < 1.29 is 17.6 Å². The summed E-state index contributed by atoms with van der Waals surface area (Å²) in [6.07, 6.45) is 3.17. The molecule has 8 heteroatoms. The molecule has 0 atom stereocenters. The first kappa shape index (κ1) is 24.3. The number of H-pyrrole nitrogens is 1. The minimum absolute atomic E-state index is 0.0313. The van der Waals surface area contributed by atoms with Gasteiger partial charge in [-0.25, -0.2) is 22.4 Å². The summed E-state index contributed by atoms with van der Waals surface area (Å²) in [7, 11) is 0. The lowest BCUT2D eigenvalue weighted by molar-refractivity contribution is 0.183. The van der Waals surface area contributed by atoms with Crippen LogP contribution in [0.4, 0.5) is 17.6 Å². The van der Waals surface area contributed by atoms with E-state index in [9.17, 15) is 22.4 Å². The van der Waals surface area contributed by atoms with E-state index in [1.165, 1.54) is 24.3 Å². The van der Waals surface area contributed by atoms with Crippen molar-refractivity contribution in [3.8, 4) is 0 Å². The summed E-state index contributed by atoms with van der Waals surface area (Å²) >= 11 is 0. The number of imidazole rings is 1. The molecule has 0 aliphatic carbocycles. The third-order valence-corrected chi connectivity index (χ3v) is 7.19. The van der Waals surface area contributed by atoms with Crippen LogP contribution in [0.3, 0.4) is 0 Å². The van der Waals surface area contributed by atoms with Crippen molar-refractivity contribution in [1.29, 1.82) is 0 Å². The Balaban J connectivity index is 1.22. The minimum Gasteiger partial charge on any atom is -0.305 e. The summed E-state index contributed by atoms with van der Waals surface area (Å²) in [5, 5.41) is 0. The first-order valence-electron chi connectivity index (χ1n) is 12.2. The fourth-order valence-electron chi connectivity index (χ4n) is 5.32. The molecular weight excluding hydrogens is 470 g/mol. The summed E-state index contributed by atoms with van der Waals surface area (Å²) in [6.45, 7) is 2.42. The summed E-state index contributed by atoms with van der Waals surface area (Å²) < 4.78 is 55.9. The molecule has 188 valence electrons. The number of nitrogens with zero attached hydrogens (tertiary/aromatic N) is 2. The van der Waals surface area contributed by atoms with Gasteiger partial charge in [-0.3, -0.25) is 4.57 Å². The van der Waals surface area contributed by atoms with Crippen LogP contribution < -0.4 is 5.69 Å². The molecule has 1 N–H and O–H groups in total. The molecule has 1 fully saturated rings. The molecule has 5 rings (SSSR count). The Morgan fingerprint density at radius 1 is 0.833 bits per heavy atom. The number of piperidine rings is 1. The molecule has 0 bridgehead atoms. The Labute approximate surface area is 206 Å². The van der Waals surface area contributed by atoms with Gasteiger partial charge in [0.1, 0.15) is 11.6 Å². The highest BCUT2D eigenvalue weighted by Gasteiger charge is 2.24. The molecule has 0 saturated carbocycles. The quantitative estimate of drug-likeness (QED) is 0.312. The van der Waals surface area contributed by atoms with Gasteiger partial charge < -0.3 is 9.88 Å². The van der Waals surface area contributed by atoms with Crippen molar-refractivity contribution >= 4 is 11.0 Å². The van der Waals surface area contributed by atoms with Crippen molar-refractivity contribution in [2.45, 2.75) is 37.6 Å². The van der Waals surface area contributed by atoms with E-state index >= 15 is 0 Å². The van der Waals surface area contributed by atoms with Gasteiger partial charge in [0.15, 0.2) is 11.6 Å². The van der Waals surface area contributed by atoms with Crippen LogP contribution in [0, 0.1) is 23.3 Å². The maximum Gasteiger partial charge on any atom is 0.326 e. The lowest BCUT2D eigenvalue weighted by atomic mass is 9.87. The van der Waals surface area contributed by atoms with Crippen LogP contribution in [0.2, 0.25) is 0 Å². The zero-order valence-electron chi connectivity index (χ0n) is 19.7. The molecule has 3 aromatic carbocycles. The average molecular weight is 498 g/mol. The number of halogens is 4. The molecule has 1 aliphatic heterocycles. The topological polar surface area (TPSA) is 41.0 Å². The maximum atomic E-state index is 13.8. The Bertz CT molecular complexity index is 1340. The van der Waals surface area contributed by atoms with Gasteiger partial charge in [-0.15, -0.1) is 0 Å². The van der Waals surface area contributed by atoms with Crippen LogP contribution in [0.25, 0.3) is 11.0 Å². The summed E-state index contributed by atoms with van der Waals surface area (Å²) in [6, 6.07) is 14.9. The van der Waals surface area contributed by atoms with Gasteiger partial charge in [0.05, 0.1) is 11.0 Å². The van der Waals surface area contributed by atoms with Gasteiger partial charge in [0.2, 0.25) is 0 Å². The van der Waals surface area contributed by atoms with Crippen LogP contribution >= 0.6 is 0 Å². The van der Waals surface area contributed by atoms with E-state index < -0.39 is 11.6 Å². The van der Waals surface area contributed by atoms with Crippen LogP contribution in [0.15, 0.2) is 65.5 Å². The Hall–Kier alpha value is -3.39. The predicted octanol–water partition coefficient (Wildman–Crippen LogP) is 6.14. The second kappa shape index (κ2) is 10.3. The molecular formula is C28H27F4N3O. The number of hydrogen-bond donors (Lipinski definition) is 1. The molecule has 1 aromatic heterocycles. The van der Waals surface area contributed by atoms with Gasteiger partial charge in [-0.05, 0) is 67.6 Å². The van der Waals surface area contributed by atoms with Crippen molar-refractivity contribution in [1.82, 2.24) is 14.5 Å². The van der Waals surface area contributed by atoms with Gasteiger partial charge in [-0.2, -0.15) is 0 Å². The Morgan fingerprint density at radius 3 is 1.97 bits per heavy atom. The third-order valence-electron chi connectivity index (χ3n) is 7.19. The molecule has 36 heavy (non-hydrogen) atoms. The second-order valence-electron chi connectivity index (χ2n) is 9.45. The zero-order valence-corrected chi connectivity index (χ0v) is 19.7. The molecule has 4 aromatic rings. The molecule has 0 spiro atoms. The van der Waals surface area contributed by atoms with Gasteiger partial charge in [0.25, 0.3) is 0 Å². The zero-order chi connectivity index (χ0) is 25.2. The van der Waals surface area contributed by atoms with Crippen LogP contribution in [0.5, 0.6) is 0 Å². The van der Waals surface area contributed by atoms with E-state index in [4.69, 9.17) is 0 Å². The number of rotatable bonds is 7. The van der Waals surface area contributed by atoms with Crippen molar-refractivity contribution in [3.63, 3.8) is 0 Å². The maximum absolute atomic E-state index is 13.8. The number of aromatic nitrogens is 2. The summed E-state index contributed by atoms with van der Waals surface area (Å²) in [5.41, 5.74) is 2.32. The molecule has 4 nitrogen and oxygen atoms in total. The number of hydrogen-bond acceptors (Lipinski definition) is 2. The van der Waals surface area contributed by atoms with Gasteiger partial charge in [0, 0.05) is 37.2 Å². The molecule has 1 saturated heterocycles. The SMILES string of the molecule is O=c1[nH]c2cc(F)c(F)cc2n1C1CCN(CCCC(c2ccc(F)cc2)c2ccc(F)cc2)CC1. The number of aromatic amines is 1. The minimum atomic E-state index is -0.981. The molecule has 0 unspecified atom stereocenters. The number of nitrogens with one attached hydrogen (secondary N) is 1. The fourth-order valence-corrected chi connectivity index (χ4v) is 5.32. The number of likely N-dealkylation sites (tertiary alicyclic amines) is 1. The third kappa shape index (κ3) is 5.09. The van der Waals surface area contributed by atoms with Crippen molar-refractivity contribution in [3.05, 3.63) is 106 Å². The lowest BCUT2D eigenvalue weighted by Gasteiger charge is -2.33. The van der Waals surface area contributed by atoms with Crippen molar-refractivity contribution in [2.24, 2.45) is 0 Å². The van der Waals surface area contributed by atoms with Crippen LogP contribution in [-0.2, 0) is 0 Å². The Morgan fingerprint density at radius 2 is 1.39 bits per heavy atom. The van der Waals surface area contributed by atoms with Gasteiger partial charge in [-0.1, -0.05) is 24.3 Å². The number of fused-ring (bicyclic) bond motifs is 1. The van der Waals surface area contributed by atoms with E-state index in [0.717, 1.165) is 68.6 Å². The fraction of sp³-hybridized carbons (Fsp3) is 0.321. The van der Waals surface area contributed by atoms with E-state index in [2.05, 4.69) is 9.88 Å². The van der Waals surface area contributed by atoms with E-state index in [1.807, 2.05) is 0 Å². The highest BCUT2D eigenvalue weighted by atomic mass is 19.2. The molecule has 0 amide bonds. The molecule has 2 heterocycles. The van der Waals surface area contributed by atoms with Gasteiger partial charge >= 0.3 is 5.69 Å².